The van der Waals surface area contributed by atoms with Crippen LogP contribution in [0.3, 0.4) is 0 Å². The highest BCUT2D eigenvalue weighted by Crippen LogP contribution is 2.17. The van der Waals surface area contributed by atoms with E-state index in [9.17, 15) is 14.4 Å². The van der Waals surface area contributed by atoms with Gasteiger partial charge in [-0.05, 0) is 49.8 Å². The van der Waals surface area contributed by atoms with E-state index in [0.717, 1.165) is 0 Å². The van der Waals surface area contributed by atoms with Crippen molar-refractivity contribution in [3.8, 4) is 5.75 Å². The Labute approximate surface area is 145 Å². The first kappa shape index (κ1) is 18.1. The zero-order valence-corrected chi connectivity index (χ0v) is 13.9. The Morgan fingerprint density at radius 1 is 1.04 bits per heavy atom. The number of carbonyl (C=O) groups is 3. The number of carbonyl (C=O) groups excluding carboxylic acids is 3. The molecule has 0 saturated carbocycles. The van der Waals surface area contributed by atoms with Crippen LogP contribution in [0.4, 0.5) is 0 Å². The highest BCUT2D eigenvalue weighted by molar-refractivity contribution is 6.19. The van der Waals surface area contributed by atoms with Gasteiger partial charge in [0.15, 0.2) is 5.78 Å². The van der Waals surface area contributed by atoms with Crippen molar-refractivity contribution in [2.75, 3.05) is 6.61 Å². The predicted octanol–water partition coefficient (Wildman–Crippen LogP) is 2.84. The number of ether oxygens (including phenoxy) is 2. The second kappa shape index (κ2) is 8.54. The van der Waals surface area contributed by atoms with Gasteiger partial charge >= 0.3 is 11.9 Å². The zero-order valence-electron chi connectivity index (χ0n) is 13.9. The van der Waals surface area contributed by atoms with Gasteiger partial charge in [0.2, 0.25) is 0 Å². The maximum Gasteiger partial charge on any atom is 0.343 e. The van der Waals surface area contributed by atoms with E-state index < -0.39 is 11.9 Å². The van der Waals surface area contributed by atoms with Crippen molar-refractivity contribution >= 4 is 23.8 Å². The molecule has 2 rings (SSSR count). The number of hydrogen-bond donors (Lipinski definition) is 0. The summed E-state index contributed by atoms with van der Waals surface area (Å²) in [5.74, 6) is -1.20. The molecule has 0 aliphatic heterocycles. The van der Waals surface area contributed by atoms with Gasteiger partial charge in [-0.15, -0.1) is 0 Å². The molecule has 1 aromatic heterocycles. The molecule has 1 aromatic carbocycles. The first-order chi connectivity index (χ1) is 12.0. The van der Waals surface area contributed by atoms with Gasteiger partial charge in [-0.3, -0.25) is 9.78 Å². The maximum atomic E-state index is 12.0. The lowest BCUT2D eigenvalue weighted by molar-refractivity contribution is -0.139. The molecule has 6 nitrogen and oxygen atoms in total. The summed E-state index contributed by atoms with van der Waals surface area (Å²) >= 11 is 0. The van der Waals surface area contributed by atoms with Gasteiger partial charge in [0.25, 0.3) is 0 Å². The van der Waals surface area contributed by atoms with Gasteiger partial charge in [0.05, 0.1) is 12.2 Å². The van der Waals surface area contributed by atoms with Crippen LogP contribution in [0, 0.1) is 0 Å². The van der Waals surface area contributed by atoms with Crippen molar-refractivity contribution in [1.29, 1.82) is 0 Å². The second-order valence-electron chi connectivity index (χ2n) is 5.03. The van der Waals surface area contributed by atoms with Crippen LogP contribution in [0.15, 0.2) is 54.4 Å². The van der Waals surface area contributed by atoms with Crippen molar-refractivity contribution in [3.05, 3.63) is 65.5 Å². The summed E-state index contributed by atoms with van der Waals surface area (Å²) in [5, 5.41) is 0. The molecule has 0 saturated heterocycles. The van der Waals surface area contributed by atoms with E-state index in [-0.39, 0.29) is 18.0 Å². The molecule has 0 aliphatic rings. The molecule has 0 amide bonds. The van der Waals surface area contributed by atoms with E-state index in [1.54, 1.807) is 43.3 Å². The lowest BCUT2D eigenvalue weighted by atomic mass is 10.1. The smallest absolute Gasteiger partial charge is 0.343 e. The fraction of sp³-hybridized carbons (Fsp3) is 0.158. The second-order valence-corrected chi connectivity index (χ2v) is 5.03. The van der Waals surface area contributed by atoms with Gasteiger partial charge < -0.3 is 9.47 Å². The normalized spacial score (nSPS) is 10.9. The largest absolute Gasteiger partial charge is 0.462 e. The van der Waals surface area contributed by atoms with Crippen molar-refractivity contribution in [2.24, 2.45) is 0 Å². The Hall–Kier alpha value is -3.28. The number of aromatic nitrogens is 1. The number of esters is 2. The topological polar surface area (TPSA) is 82.6 Å². The molecule has 0 N–H and O–H groups in total. The van der Waals surface area contributed by atoms with Gasteiger partial charge in [0, 0.05) is 12.4 Å². The van der Waals surface area contributed by atoms with Gasteiger partial charge in [-0.2, -0.15) is 0 Å². The third-order valence-corrected chi connectivity index (χ3v) is 3.19. The summed E-state index contributed by atoms with van der Waals surface area (Å²) in [6, 6.07) is 9.53. The fourth-order valence-corrected chi connectivity index (χ4v) is 1.97. The van der Waals surface area contributed by atoms with Gasteiger partial charge in [-0.25, -0.2) is 9.59 Å². The fourth-order valence-electron chi connectivity index (χ4n) is 1.97. The molecular formula is C19H17NO5. The van der Waals surface area contributed by atoms with Crippen LogP contribution in [0.2, 0.25) is 0 Å². The van der Waals surface area contributed by atoms with Crippen LogP contribution in [0.5, 0.6) is 5.75 Å². The molecule has 0 fully saturated rings. The summed E-state index contributed by atoms with van der Waals surface area (Å²) in [4.78, 5) is 39.2. The molecule has 0 atom stereocenters. The van der Waals surface area contributed by atoms with Crippen LogP contribution in [-0.2, 0) is 14.3 Å². The van der Waals surface area contributed by atoms with Gasteiger partial charge in [-0.1, -0.05) is 12.1 Å². The van der Waals surface area contributed by atoms with Crippen molar-refractivity contribution in [2.45, 2.75) is 13.8 Å². The highest BCUT2D eigenvalue weighted by Gasteiger charge is 2.15. The Bertz CT molecular complexity index is 794. The minimum atomic E-state index is -0.664. The minimum absolute atomic E-state index is 0.0385. The van der Waals surface area contributed by atoms with E-state index in [1.165, 1.54) is 25.4 Å². The third-order valence-electron chi connectivity index (χ3n) is 3.19. The lowest BCUT2D eigenvalue weighted by Gasteiger charge is -2.06. The molecule has 6 heteroatoms. The van der Waals surface area contributed by atoms with Crippen molar-refractivity contribution in [1.82, 2.24) is 4.98 Å². The molecule has 128 valence electrons. The summed E-state index contributed by atoms with van der Waals surface area (Å²) in [6.07, 6.45) is 4.45. The molecule has 0 bridgehead atoms. The predicted molar refractivity (Wildman–Crippen MR) is 90.9 cm³/mol. The van der Waals surface area contributed by atoms with Crippen LogP contribution in [0.1, 0.15) is 29.8 Å². The number of ketones is 1. The van der Waals surface area contributed by atoms with E-state index >= 15 is 0 Å². The third kappa shape index (κ3) is 5.10. The molecule has 0 spiro atoms. The summed E-state index contributed by atoms with van der Waals surface area (Å²) in [7, 11) is 0. The molecule has 0 aliphatic carbocycles. The lowest BCUT2D eigenvalue weighted by Crippen LogP contribution is -2.13. The number of rotatable bonds is 6. The van der Waals surface area contributed by atoms with E-state index in [4.69, 9.17) is 9.47 Å². The first-order valence-corrected chi connectivity index (χ1v) is 7.63. The average molecular weight is 339 g/mol. The molecule has 0 unspecified atom stereocenters. The van der Waals surface area contributed by atoms with Crippen molar-refractivity contribution in [3.63, 3.8) is 0 Å². The Balaban J connectivity index is 2.13. The number of Topliss-reactive ketones (excluding diaryl/α,β-unsaturated/α-hetero) is 1. The Morgan fingerprint density at radius 2 is 1.68 bits per heavy atom. The number of nitrogens with zero attached hydrogens (tertiary/aromatic N) is 1. The molecule has 1 heterocycles. The van der Waals surface area contributed by atoms with E-state index in [2.05, 4.69) is 4.98 Å². The zero-order chi connectivity index (χ0) is 18.2. The SMILES string of the molecule is CCOC(=O)/C(=C\c1ccc(OC(=O)c2ccncc2)cc1)C(C)=O. The highest BCUT2D eigenvalue weighted by atomic mass is 16.5. The van der Waals surface area contributed by atoms with E-state index in [0.29, 0.717) is 16.9 Å². The van der Waals surface area contributed by atoms with Crippen LogP contribution in [-0.4, -0.2) is 29.3 Å². The van der Waals surface area contributed by atoms with Crippen molar-refractivity contribution < 1.29 is 23.9 Å². The minimum Gasteiger partial charge on any atom is -0.462 e. The molecule has 25 heavy (non-hydrogen) atoms. The Kier molecular flexibility index (Phi) is 6.17. The first-order valence-electron chi connectivity index (χ1n) is 7.63. The standard InChI is InChI=1S/C19H17NO5/c1-3-24-19(23)17(13(2)21)12-14-4-6-16(7-5-14)25-18(22)15-8-10-20-11-9-15/h4-12H,3H2,1-2H3/b17-12-. The van der Waals surface area contributed by atoms with E-state index in [1.807, 2.05) is 0 Å². The number of benzene rings is 1. The summed E-state index contributed by atoms with van der Waals surface area (Å²) in [5.41, 5.74) is 0.963. The molecular weight excluding hydrogens is 322 g/mol. The Morgan fingerprint density at radius 3 is 2.24 bits per heavy atom. The number of hydrogen-bond acceptors (Lipinski definition) is 6. The van der Waals surface area contributed by atoms with Crippen LogP contribution >= 0.6 is 0 Å². The van der Waals surface area contributed by atoms with Gasteiger partial charge in [0.1, 0.15) is 11.3 Å². The summed E-state index contributed by atoms with van der Waals surface area (Å²) in [6.45, 7) is 3.16. The molecule has 2 aromatic rings. The number of pyridine rings is 1. The average Bonchev–Trinajstić information content (AvgIpc) is 2.61. The molecule has 0 radical (unpaired) electrons. The summed E-state index contributed by atoms with van der Waals surface area (Å²) < 4.78 is 10.1. The van der Waals surface area contributed by atoms with Crippen LogP contribution < -0.4 is 4.74 Å². The maximum absolute atomic E-state index is 12.0. The monoisotopic (exact) mass is 339 g/mol. The quantitative estimate of drug-likeness (QED) is 0.265. The van der Waals surface area contributed by atoms with Crippen LogP contribution in [0.25, 0.3) is 6.08 Å².